The van der Waals surface area contributed by atoms with E-state index in [2.05, 4.69) is 17.4 Å². The normalized spacial score (nSPS) is 21.4. The van der Waals surface area contributed by atoms with Crippen molar-refractivity contribution in [2.75, 3.05) is 17.7 Å². The molecule has 0 aliphatic carbocycles. The molecule has 1 aliphatic heterocycles. The first-order chi connectivity index (χ1) is 11.6. The molecule has 1 heterocycles. The Bertz CT molecular complexity index is 757. The average molecular weight is 345 g/mol. The molecular weight excluding hydrogens is 322 g/mol. The molecule has 24 heavy (non-hydrogen) atoms. The first kappa shape index (κ1) is 17.0. The van der Waals surface area contributed by atoms with Gasteiger partial charge in [0.15, 0.2) is 9.84 Å². The Morgan fingerprint density at radius 2 is 1.79 bits per heavy atom. The van der Waals surface area contributed by atoms with Crippen molar-refractivity contribution in [3.05, 3.63) is 60.2 Å². The number of nitrogens with one attached hydrogen (secondary N) is 1. The summed E-state index contributed by atoms with van der Waals surface area (Å²) in [4.78, 5) is 0.379. The summed E-state index contributed by atoms with van der Waals surface area (Å²) in [5.74, 6) is 0.124. The van der Waals surface area contributed by atoms with E-state index in [-0.39, 0.29) is 11.9 Å². The lowest BCUT2D eigenvalue weighted by Crippen LogP contribution is -2.30. The number of sulfone groups is 1. The van der Waals surface area contributed by atoms with E-state index in [1.807, 2.05) is 30.3 Å². The van der Waals surface area contributed by atoms with Crippen LogP contribution in [0.2, 0.25) is 0 Å². The fourth-order valence-corrected chi connectivity index (χ4v) is 3.87. The summed E-state index contributed by atoms with van der Waals surface area (Å²) >= 11 is 0. The smallest absolute Gasteiger partial charge is 0.178 e. The van der Waals surface area contributed by atoms with Crippen LogP contribution in [0.4, 0.5) is 5.69 Å². The molecule has 2 atom stereocenters. The van der Waals surface area contributed by atoms with Gasteiger partial charge in [0.2, 0.25) is 0 Å². The van der Waals surface area contributed by atoms with Gasteiger partial charge in [-0.3, -0.25) is 0 Å². The molecule has 0 saturated carbocycles. The number of rotatable bonds is 5. The SMILES string of the molecule is CCS(=O)(=O)c1ccc(N[C@H]2CCO[C@@H](c3ccccc3)C2)cc1. The molecule has 0 bridgehead atoms. The van der Waals surface area contributed by atoms with Crippen LogP contribution in [-0.2, 0) is 14.6 Å². The van der Waals surface area contributed by atoms with Crippen molar-refractivity contribution < 1.29 is 13.2 Å². The number of hydrogen-bond donors (Lipinski definition) is 1. The first-order valence-corrected chi connectivity index (χ1v) is 9.99. The maximum atomic E-state index is 11.9. The predicted molar refractivity (Wildman–Crippen MR) is 95.9 cm³/mol. The number of anilines is 1. The van der Waals surface area contributed by atoms with Crippen molar-refractivity contribution in [3.63, 3.8) is 0 Å². The third kappa shape index (κ3) is 3.97. The third-order valence-corrected chi connectivity index (χ3v) is 6.17. The Balaban J connectivity index is 1.65. The second-order valence-electron chi connectivity index (χ2n) is 6.06. The summed E-state index contributed by atoms with van der Waals surface area (Å²) in [6.45, 7) is 2.38. The molecule has 0 amide bonds. The molecule has 1 aliphatic rings. The van der Waals surface area contributed by atoms with Gasteiger partial charge in [0.1, 0.15) is 0 Å². The Kier molecular flexibility index (Phi) is 5.21. The molecule has 1 saturated heterocycles. The summed E-state index contributed by atoms with van der Waals surface area (Å²) < 4.78 is 29.6. The summed E-state index contributed by atoms with van der Waals surface area (Å²) in [5.41, 5.74) is 2.15. The maximum Gasteiger partial charge on any atom is 0.178 e. The molecule has 0 aromatic heterocycles. The van der Waals surface area contributed by atoms with E-state index in [0.717, 1.165) is 25.1 Å². The Morgan fingerprint density at radius 1 is 1.08 bits per heavy atom. The summed E-state index contributed by atoms with van der Waals surface area (Å²) in [5, 5.41) is 3.50. The quantitative estimate of drug-likeness (QED) is 0.895. The average Bonchev–Trinajstić information content (AvgIpc) is 2.63. The van der Waals surface area contributed by atoms with Crippen molar-refractivity contribution in [2.45, 2.75) is 36.8 Å². The summed E-state index contributed by atoms with van der Waals surface area (Å²) in [6, 6.07) is 17.6. The van der Waals surface area contributed by atoms with Crippen LogP contribution in [0.1, 0.15) is 31.4 Å². The van der Waals surface area contributed by atoms with Gasteiger partial charge < -0.3 is 10.1 Å². The molecular formula is C19H23NO3S. The highest BCUT2D eigenvalue weighted by atomic mass is 32.2. The topological polar surface area (TPSA) is 55.4 Å². The maximum absolute atomic E-state index is 11.9. The molecule has 128 valence electrons. The molecule has 2 aromatic carbocycles. The van der Waals surface area contributed by atoms with Gasteiger partial charge in [0.05, 0.1) is 16.8 Å². The Hall–Kier alpha value is -1.85. The molecule has 2 aromatic rings. The lowest BCUT2D eigenvalue weighted by atomic mass is 9.97. The fourth-order valence-electron chi connectivity index (χ4n) is 2.99. The van der Waals surface area contributed by atoms with E-state index in [1.165, 1.54) is 5.56 Å². The van der Waals surface area contributed by atoms with Gasteiger partial charge in [-0.2, -0.15) is 0 Å². The standard InChI is InChI=1S/C19H23NO3S/c1-2-24(21,22)18-10-8-16(9-11-18)20-17-12-13-23-19(14-17)15-6-4-3-5-7-15/h3-11,17,19-20H,2,12-14H2,1H3/t17-,19+/m0/s1. The highest BCUT2D eigenvalue weighted by Gasteiger charge is 2.23. The van der Waals surface area contributed by atoms with Crippen LogP contribution in [0.25, 0.3) is 0 Å². The monoisotopic (exact) mass is 345 g/mol. The molecule has 1 fully saturated rings. The highest BCUT2D eigenvalue weighted by Crippen LogP contribution is 2.29. The number of hydrogen-bond acceptors (Lipinski definition) is 4. The highest BCUT2D eigenvalue weighted by molar-refractivity contribution is 7.91. The third-order valence-electron chi connectivity index (χ3n) is 4.42. The van der Waals surface area contributed by atoms with Crippen LogP contribution >= 0.6 is 0 Å². The van der Waals surface area contributed by atoms with Crippen LogP contribution in [-0.4, -0.2) is 26.8 Å². The summed E-state index contributed by atoms with van der Waals surface area (Å²) in [6.07, 6.45) is 1.95. The van der Waals surface area contributed by atoms with E-state index in [9.17, 15) is 8.42 Å². The zero-order chi connectivity index (χ0) is 17.0. The minimum atomic E-state index is -3.14. The van der Waals surface area contributed by atoms with Crippen LogP contribution in [0.15, 0.2) is 59.5 Å². The van der Waals surface area contributed by atoms with Gasteiger partial charge in [-0.25, -0.2) is 8.42 Å². The summed E-state index contributed by atoms with van der Waals surface area (Å²) in [7, 11) is -3.14. The second kappa shape index (κ2) is 7.36. The zero-order valence-electron chi connectivity index (χ0n) is 13.8. The van der Waals surface area contributed by atoms with E-state index >= 15 is 0 Å². The van der Waals surface area contributed by atoms with Gasteiger partial charge in [-0.1, -0.05) is 37.3 Å². The van der Waals surface area contributed by atoms with E-state index in [1.54, 1.807) is 19.1 Å². The lowest BCUT2D eigenvalue weighted by Gasteiger charge is -2.31. The van der Waals surface area contributed by atoms with E-state index in [4.69, 9.17) is 4.74 Å². The van der Waals surface area contributed by atoms with Crippen LogP contribution in [0.3, 0.4) is 0 Å². The van der Waals surface area contributed by atoms with Gasteiger partial charge >= 0.3 is 0 Å². The van der Waals surface area contributed by atoms with Gasteiger partial charge in [0.25, 0.3) is 0 Å². The van der Waals surface area contributed by atoms with Crippen molar-refractivity contribution in [1.29, 1.82) is 0 Å². The zero-order valence-corrected chi connectivity index (χ0v) is 14.6. The van der Waals surface area contributed by atoms with Gasteiger partial charge in [0, 0.05) is 18.3 Å². The van der Waals surface area contributed by atoms with Gasteiger partial charge in [-0.15, -0.1) is 0 Å². The predicted octanol–water partition coefficient (Wildman–Crippen LogP) is 3.81. The fraction of sp³-hybridized carbons (Fsp3) is 0.368. The van der Waals surface area contributed by atoms with Crippen LogP contribution in [0, 0.1) is 0 Å². The molecule has 0 unspecified atom stereocenters. The molecule has 0 radical (unpaired) electrons. The van der Waals surface area contributed by atoms with E-state index in [0.29, 0.717) is 10.9 Å². The largest absolute Gasteiger partial charge is 0.382 e. The van der Waals surface area contributed by atoms with Crippen LogP contribution in [0.5, 0.6) is 0 Å². The van der Waals surface area contributed by atoms with Crippen molar-refractivity contribution in [3.8, 4) is 0 Å². The minimum absolute atomic E-state index is 0.109. The molecule has 5 heteroatoms. The minimum Gasteiger partial charge on any atom is -0.382 e. The Labute approximate surface area is 143 Å². The molecule has 4 nitrogen and oxygen atoms in total. The second-order valence-corrected chi connectivity index (χ2v) is 8.34. The van der Waals surface area contributed by atoms with Gasteiger partial charge in [-0.05, 0) is 42.7 Å². The van der Waals surface area contributed by atoms with Crippen molar-refractivity contribution >= 4 is 15.5 Å². The Morgan fingerprint density at radius 3 is 2.46 bits per heavy atom. The van der Waals surface area contributed by atoms with Crippen molar-refractivity contribution in [2.24, 2.45) is 0 Å². The van der Waals surface area contributed by atoms with Crippen molar-refractivity contribution in [1.82, 2.24) is 0 Å². The van der Waals surface area contributed by atoms with Crippen LogP contribution < -0.4 is 5.32 Å². The molecule has 0 spiro atoms. The number of benzene rings is 2. The van der Waals surface area contributed by atoms with E-state index < -0.39 is 9.84 Å². The number of ether oxygens (including phenoxy) is 1. The molecule has 1 N–H and O–H groups in total. The molecule has 3 rings (SSSR count). The first-order valence-electron chi connectivity index (χ1n) is 8.34. The lowest BCUT2D eigenvalue weighted by molar-refractivity contribution is 0.00980.